The summed E-state index contributed by atoms with van der Waals surface area (Å²) >= 11 is 0. The fraction of sp³-hybridized carbons (Fsp3) is 0.500. The maximum Gasteiger partial charge on any atom is 0.0897 e. The van der Waals surface area contributed by atoms with Crippen LogP contribution in [-0.4, -0.2) is 29.6 Å². The maximum absolute atomic E-state index is 5.55. The van der Waals surface area contributed by atoms with Gasteiger partial charge in [-0.05, 0) is 50.4 Å². The van der Waals surface area contributed by atoms with Gasteiger partial charge in [-0.25, -0.2) is 0 Å². The highest BCUT2D eigenvalue weighted by atomic mass is 79.9. The molecule has 0 atom stereocenters. The lowest BCUT2D eigenvalue weighted by Gasteiger charge is -2.23. The van der Waals surface area contributed by atoms with Crippen LogP contribution in [0.4, 0.5) is 0 Å². The smallest absolute Gasteiger partial charge is 0.0897 e. The normalized spacial score (nSPS) is 13.8. The molecule has 1 heterocycles. The predicted molar refractivity (Wildman–Crippen MR) is 90.9 cm³/mol. The van der Waals surface area contributed by atoms with Gasteiger partial charge >= 0.3 is 0 Å². The van der Waals surface area contributed by atoms with E-state index in [0.717, 1.165) is 32.7 Å². The lowest BCUT2D eigenvalue weighted by Crippen LogP contribution is -2.27. The van der Waals surface area contributed by atoms with Gasteiger partial charge in [-0.3, -0.25) is 0 Å². The molecule has 0 fully saturated rings. The molecule has 2 N–H and O–H groups in total. The van der Waals surface area contributed by atoms with Gasteiger partial charge in [0.15, 0.2) is 0 Å². The van der Waals surface area contributed by atoms with Crippen molar-refractivity contribution in [2.24, 2.45) is 5.73 Å². The molecule has 0 radical (unpaired) electrons. The number of hydrogen-bond donors (Lipinski definition) is 1. The van der Waals surface area contributed by atoms with Crippen molar-refractivity contribution in [1.82, 2.24) is 9.80 Å². The van der Waals surface area contributed by atoms with Crippen LogP contribution in [0, 0.1) is 20.8 Å². The van der Waals surface area contributed by atoms with Crippen molar-refractivity contribution >= 4 is 17.0 Å². The maximum atomic E-state index is 5.55. The van der Waals surface area contributed by atoms with Crippen molar-refractivity contribution in [2.45, 2.75) is 33.7 Å². The van der Waals surface area contributed by atoms with E-state index < -0.39 is 0 Å². The summed E-state index contributed by atoms with van der Waals surface area (Å²) in [6.07, 6.45) is 5.42. The molecule has 0 saturated carbocycles. The first-order valence-electron chi connectivity index (χ1n) is 7.03. The number of nitrogens with zero attached hydrogens (tertiary/aromatic N) is 2. The monoisotopic (exact) mass is 339 g/mol. The zero-order valence-corrected chi connectivity index (χ0v) is 14.4. The van der Waals surface area contributed by atoms with Crippen molar-refractivity contribution in [3.8, 4) is 0 Å². The second kappa shape index (κ2) is 7.70. The molecule has 0 spiro atoms. The summed E-state index contributed by atoms with van der Waals surface area (Å²) in [7, 11) is 0. The second-order valence-corrected chi connectivity index (χ2v) is 5.52. The molecular weight excluding hydrogens is 314 g/mol. The number of halogens is 1. The van der Waals surface area contributed by atoms with E-state index >= 15 is 0 Å². The van der Waals surface area contributed by atoms with Crippen LogP contribution in [0.5, 0.6) is 0 Å². The molecule has 2 rings (SSSR count). The topological polar surface area (TPSA) is 32.5 Å². The van der Waals surface area contributed by atoms with E-state index in [0.29, 0.717) is 0 Å². The number of rotatable bonds is 5. The highest BCUT2D eigenvalue weighted by molar-refractivity contribution is 8.93. The third-order valence-electron chi connectivity index (χ3n) is 3.70. The van der Waals surface area contributed by atoms with Crippen LogP contribution in [-0.2, 0) is 6.54 Å². The zero-order chi connectivity index (χ0) is 13.8. The van der Waals surface area contributed by atoms with Gasteiger partial charge in [0.1, 0.15) is 0 Å². The minimum atomic E-state index is 0. The first-order valence-corrected chi connectivity index (χ1v) is 7.03. The average molecular weight is 340 g/mol. The molecule has 112 valence electrons. The van der Waals surface area contributed by atoms with Crippen LogP contribution in [0.3, 0.4) is 0 Å². The van der Waals surface area contributed by atoms with Gasteiger partial charge < -0.3 is 15.5 Å². The molecule has 4 heteroatoms. The Kier molecular flexibility index (Phi) is 6.56. The van der Waals surface area contributed by atoms with Gasteiger partial charge in [-0.2, -0.15) is 0 Å². The molecule has 0 aliphatic carbocycles. The van der Waals surface area contributed by atoms with Crippen molar-refractivity contribution < 1.29 is 0 Å². The Labute approximate surface area is 133 Å². The van der Waals surface area contributed by atoms with Gasteiger partial charge in [0, 0.05) is 25.5 Å². The number of nitrogens with two attached hydrogens (primary N) is 1. The summed E-state index contributed by atoms with van der Waals surface area (Å²) in [5.41, 5.74) is 11.1. The molecule has 1 aromatic rings. The highest BCUT2D eigenvalue weighted by Crippen LogP contribution is 2.20. The fourth-order valence-electron chi connectivity index (χ4n) is 2.72. The van der Waals surface area contributed by atoms with Crippen LogP contribution in [0.15, 0.2) is 24.5 Å². The van der Waals surface area contributed by atoms with E-state index in [9.17, 15) is 0 Å². The van der Waals surface area contributed by atoms with Gasteiger partial charge in [0.2, 0.25) is 0 Å². The molecule has 1 aliphatic heterocycles. The SMILES string of the molecule is Br.Cc1cc(C)c(CN2C=CN(CCCN)C2)c(C)c1. The molecule has 0 aromatic heterocycles. The standard InChI is InChI=1S/C16H25N3.BrH/c1-13-9-14(2)16(15(3)10-13)11-19-8-7-18(12-19)6-4-5-17;/h7-10H,4-6,11-12,17H2,1-3H3;1H. The summed E-state index contributed by atoms with van der Waals surface area (Å²) in [6, 6.07) is 4.54. The minimum absolute atomic E-state index is 0. The lowest BCUT2D eigenvalue weighted by atomic mass is 9.99. The second-order valence-electron chi connectivity index (χ2n) is 5.52. The van der Waals surface area contributed by atoms with Crippen molar-refractivity contribution in [2.75, 3.05) is 19.8 Å². The van der Waals surface area contributed by atoms with Crippen LogP contribution < -0.4 is 5.73 Å². The molecule has 0 bridgehead atoms. The lowest BCUT2D eigenvalue weighted by molar-refractivity contribution is 0.258. The van der Waals surface area contributed by atoms with E-state index in [4.69, 9.17) is 5.73 Å². The van der Waals surface area contributed by atoms with Gasteiger partial charge in [0.25, 0.3) is 0 Å². The Morgan fingerprint density at radius 3 is 2.25 bits per heavy atom. The van der Waals surface area contributed by atoms with E-state index in [1.807, 2.05) is 0 Å². The largest absolute Gasteiger partial charge is 0.359 e. The van der Waals surface area contributed by atoms with Crippen LogP contribution in [0.25, 0.3) is 0 Å². The van der Waals surface area contributed by atoms with E-state index in [-0.39, 0.29) is 17.0 Å². The van der Waals surface area contributed by atoms with E-state index in [2.05, 4.69) is 55.1 Å². The zero-order valence-electron chi connectivity index (χ0n) is 12.7. The molecule has 3 nitrogen and oxygen atoms in total. The first-order chi connectivity index (χ1) is 9.10. The molecule has 1 aromatic carbocycles. The highest BCUT2D eigenvalue weighted by Gasteiger charge is 2.14. The minimum Gasteiger partial charge on any atom is -0.359 e. The Bertz CT molecular complexity index is 448. The molecule has 1 aliphatic rings. The van der Waals surface area contributed by atoms with E-state index in [1.165, 1.54) is 22.3 Å². The van der Waals surface area contributed by atoms with Gasteiger partial charge in [0.05, 0.1) is 6.67 Å². The van der Waals surface area contributed by atoms with Crippen molar-refractivity contribution in [1.29, 1.82) is 0 Å². The van der Waals surface area contributed by atoms with Crippen molar-refractivity contribution in [3.63, 3.8) is 0 Å². The molecule has 0 unspecified atom stereocenters. The summed E-state index contributed by atoms with van der Waals surface area (Å²) in [5.74, 6) is 0. The van der Waals surface area contributed by atoms with E-state index in [1.54, 1.807) is 0 Å². The fourth-order valence-corrected chi connectivity index (χ4v) is 2.72. The number of hydrogen-bond acceptors (Lipinski definition) is 3. The van der Waals surface area contributed by atoms with Crippen LogP contribution in [0.2, 0.25) is 0 Å². The number of aryl methyl sites for hydroxylation is 3. The molecule has 20 heavy (non-hydrogen) atoms. The Balaban J connectivity index is 0.00000200. The van der Waals surface area contributed by atoms with Crippen molar-refractivity contribution in [3.05, 3.63) is 46.8 Å². The summed E-state index contributed by atoms with van der Waals surface area (Å²) < 4.78 is 0. The van der Waals surface area contributed by atoms with Crippen LogP contribution >= 0.6 is 17.0 Å². The number of benzene rings is 1. The summed E-state index contributed by atoms with van der Waals surface area (Å²) in [6.45, 7) is 10.4. The molecule has 0 saturated heterocycles. The quantitative estimate of drug-likeness (QED) is 0.894. The third-order valence-corrected chi connectivity index (χ3v) is 3.70. The Morgan fingerprint density at radius 1 is 1.05 bits per heavy atom. The predicted octanol–water partition coefficient (Wildman–Crippen LogP) is 3.08. The summed E-state index contributed by atoms with van der Waals surface area (Å²) in [5, 5.41) is 0. The molecular formula is C16H26BrN3. The van der Waals surface area contributed by atoms with Crippen LogP contribution in [0.1, 0.15) is 28.7 Å². The Hall–Kier alpha value is -1.00. The third kappa shape index (κ3) is 4.25. The summed E-state index contributed by atoms with van der Waals surface area (Å²) in [4.78, 5) is 4.69. The van der Waals surface area contributed by atoms with Gasteiger partial charge in [-0.1, -0.05) is 17.7 Å². The average Bonchev–Trinajstić information content (AvgIpc) is 2.79. The molecule has 0 amide bonds. The van der Waals surface area contributed by atoms with Gasteiger partial charge in [-0.15, -0.1) is 17.0 Å². The first kappa shape index (κ1) is 17.1. The Morgan fingerprint density at radius 2 is 1.65 bits per heavy atom.